The molecule has 6 heteroatoms. The molecule has 0 saturated carbocycles. The second-order valence-corrected chi connectivity index (χ2v) is 3.35. The molecule has 5 nitrogen and oxygen atoms in total. The summed E-state index contributed by atoms with van der Waals surface area (Å²) in [5.41, 5.74) is -0.424. The minimum atomic E-state index is -0.700. The Hall–Kier alpha value is -1.36. The average molecular weight is 290 g/mol. The van der Waals surface area contributed by atoms with Crippen molar-refractivity contribution in [3.63, 3.8) is 0 Å². The molecular formula is C7H3IN2O3. The Kier molecular flexibility index (Phi) is 2.67. The second-order valence-electron chi connectivity index (χ2n) is 2.19. The Balaban J connectivity index is 3.44. The van der Waals surface area contributed by atoms with Gasteiger partial charge in [0, 0.05) is 0 Å². The normalized spacial score (nSPS) is 9.23. The van der Waals surface area contributed by atoms with E-state index in [1.54, 1.807) is 28.7 Å². The fourth-order valence-electron chi connectivity index (χ4n) is 0.791. The van der Waals surface area contributed by atoms with Crippen LogP contribution in [0.25, 0.3) is 0 Å². The molecule has 0 bridgehead atoms. The highest BCUT2D eigenvalue weighted by molar-refractivity contribution is 14.1. The van der Waals surface area contributed by atoms with Crippen molar-refractivity contribution in [2.24, 2.45) is 0 Å². The fraction of sp³-hybridized carbons (Fsp3) is 0. The van der Waals surface area contributed by atoms with Crippen molar-refractivity contribution in [1.82, 2.24) is 0 Å². The number of halogens is 1. The molecule has 1 N–H and O–H groups in total. The summed E-state index contributed by atoms with van der Waals surface area (Å²) in [4.78, 5) is 9.69. The van der Waals surface area contributed by atoms with Crippen LogP contribution in [0.1, 0.15) is 5.56 Å². The minimum absolute atomic E-state index is 0.0489. The summed E-state index contributed by atoms with van der Waals surface area (Å²) in [5, 5.41) is 28.1. The van der Waals surface area contributed by atoms with Crippen LogP contribution < -0.4 is 0 Å². The van der Waals surface area contributed by atoms with E-state index in [0.29, 0.717) is 3.57 Å². The molecule has 0 fully saturated rings. The van der Waals surface area contributed by atoms with Crippen LogP contribution in [0.4, 0.5) is 5.69 Å². The molecule has 1 aromatic rings. The summed E-state index contributed by atoms with van der Waals surface area (Å²) in [6.45, 7) is 0. The molecular weight excluding hydrogens is 287 g/mol. The number of nitrogens with zero attached hydrogens (tertiary/aromatic N) is 2. The van der Waals surface area contributed by atoms with E-state index in [0.717, 1.165) is 6.07 Å². The lowest BCUT2D eigenvalue weighted by molar-refractivity contribution is -0.385. The molecule has 0 amide bonds. The van der Waals surface area contributed by atoms with E-state index in [9.17, 15) is 10.1 Å². The van der Waals surface area contributed by atoms with Gasteiger partial charge in [-0.3, -0.25) is 10.1 Å². The van der Waals surface area contributed by atoms with Crippen molar-refractivity contribution >= 4 is 28.3 Å². The first-order valence-corrected chi connectivity index (χ1v) is 4.21. The summed E-state index contributed by atoms with van der Waals surface area (Å²) >= 11 is 1.79. The number of rotatable bonds is 1. The maximum Gasteiger partial charge on any atom is 0.290 e. The Morgan fingerprint density at radius 1 is 1.62 bits per heavy atom. The number of phenolic OH excluding ortho intramolecular Hbond substituents is 1. The lowest BCUT2D eigenvalue weighted by Crippen LogP contribution is -1.92. The minimum Gasteiger partial charge on any atom is -0.507 e. The van der Waals surface area contributed by atoms with Crippen LogP contribution in [0.15, 0.2) is 12.1 Å². The SMILES string of the molecule is N#Cc1cc(I)c(O)cc1[N+](=O)[O-]. The highest BCUT2D eigenvalue weighted by atomic mass is 127. The lowest BCUT2D eigenvalue weighted by atomic mass is 10.2. The molecule has 0 unspecified atom stereocenters. The van der Waals surface area contributed by atoms with Crippen LogP contribution in [0.3, 0.4) is 0 Å². The van der Waals surface area contributed by atoms with Gasteiger partial charge < -0.3 is 5.11 Å². The number of benzene rings is 1. The first-order chi connectivity index (χ1) is 6.06. The predicted molar refractivity (Wildman–Crippen MR) is 52.2 cm³/mol. The van der Waals surface area contributed by atoms with Crippen molar-refractivity contribution in [2.75, 3.05) is 0 Å². The molecule has 1 aromatic carbocycles. The zero-order valence-corrected chi connectivity index (χ0v) is 8.35. The first kappa shape index (κ1) is 9.73. The van der Waals surface area contributed by atoms with E-state index < -0.39 is 4.92 Å². The number of aromatic hydroxyl groups is 1. The van der Waals surface area contributed by atoms with Crippen LogP contribution in [-0.2, 0) is 0 Å². The molecule has 0 aliphatic heterocycles. The summed E-state index contributed by atoms with van der Waals surface area (Å²) in [7, 11) is 0. The molecule has 0 saturated heterocycles. The fourth-order valence-corrected chi connectivity index (χ4v) is 1.26. The van der Waals surface area contributed by atoms with Crippen molar-refractivity contribution in [3.8, 4) is 11.8 Å². The van der Waals surface area contributed by atoms with Gasteiger partial charge in [-0.05, 0) is 28.7 Å². The molecule has 0 radical (unpaired) electrons. The number of nitriles is 1. The van der Waals surface area contributed by atoms with Crippen LogP contribution in [0.5, 0.6) is 5.75 Å². The van der Waals surface area contributed by atoms with Gasteiger partial charge in [0.25, 0.3) is 5.69 Å². The summed E-state index contributed by atoms with van der Waals surface area (Å²) in [6, 6.07) is 3.93. The summed E-state index contributed by atoms with van der Waals surface area (Å²) < 4.78 is 0.416. The van der Waals surface area contributed by atoms with Crippen molar-refractivity contribution in [2.45, 2.75) is 0 Å². The molecule has 0 aliphatic rings. The Bertz CT molecular complexity index is 411. The van der Waals surface area contributed by atoms with E-state index in [4.69, 9.17) is 10.4 Å². The molecule has 1 rings (SSSR count). The lowest BCUT2D eigenvalue weighted by Gasteiger charge is -1.98. The van der Waals surface area contributed by atoms with Crippen molar-refractivity contribution < 1.29 is 10.0 Å². The van der Waals surface area contributed by atoms with E-state index in [-0.39, 0.29) is 17.0 Å². The second kappa shape index (κ2) is 3.57. The zero-order valence-electron chi connectivity index (χ0n) is 6.19. The smallest absolute Gasteiger partial charge is 0.290 e. The molecule has 0 heterocycles. The van der Waals surface area contributed by atoms with Gasteiger partial charge in [0.05, 0.1) is 14.6 Å². The number of nitro benzene ring substituents is 1. The molecule has 0 spiro atoms. The van der Waals surface area contributed by atoms with E-state index in [2.05, 4.69) is 0 Å². The third-order valence-corrected chi connectivity index (χ3v) is 2.25. The maximum absolute atomic E-state index is 10.4. The van der Waals surface area contributed by atoms with Gasteiger partial charge in [0.1, 0.15) is 17.4 Å². The van der Waals surface area contributed by atoms with Gasteiger partial charge in [-0.2, -0.15) is 5.26 Å². The monoisotopic (exact) mass is 290 g/mol. The summed E-state index contributed by atoms with van der Waals surface area (Å²) in [6.07, 6.45) is 0. The molecule has 66 valence electrons. The van der Waals surface area contributed by atoms with E-state index in [1.165, 1.54) is 6.07 Å². The largest absolute Gasteiger partial charge is 0.507 e. The third-order valence-electron chi connectivity index (χ3n) is 1.38. The summed E-state index contributed by atoms with van der Waals surface area (Å²) in [5.74, 6) is -0.189. The topological polar surface area (TPSA) is 87.2 Å². The molecule has 0 aromatic heterocycles. The zero-order chi connectivity index (χ0) is 10.0. The van der Waals surface area contributed by atoms with Crippen molar-refractivity contribution in [3.05, 3.63) is 31.4 Å². The number of phenols is 1. The average Bonchev–Trinajstić information content (AvgIpc) is 2.08. The van der Waals surface area contributed by atoms with Crippen molar-refractivity contribution in [1.29, 1.82) is 5.26 Å². The standard InChI is InChI=1S/C7H3IN2O3/c8-5-1-4(3-9)6(10(12)13)2-7(5)11/h1-2,11H. The van der Waals surface area contributed by atoms with Gasteiger partial charge in [0.2, 0.25) is 0 Å². The van der Waals surface area contributed by atoms with Gasteiger partial charge in [-0.15, -0.1) is 0 Å². The molecule has 0 atom stereocenters. The number of hydrogen-bond donors (Lipinski definition) is 1. The van der Waals surface area contributed by atoms with E-state index >= 15 is 0 Å². The van der Waals surface area contributed by atoms with Crippen LogP contribution in [0, 0.1) is 25.0 Å². The Morgan fingerprint density at radius 2 is 2.23 bits per heavy atom. The van der Waals surface area contributed by atoms with Gasteiger partial charge in [-0.25, -0.2) is 0 Å². The third kappa shape index (κ3) is 1.86. The number of nitro groups is 1. The molecule has 0 aliphatic carbocycles. The van der Waals surface area contributed by atoms with E-state index in [1.807, 2.05) is 0 Å². The van der Waals surface area contributed by atoms with Crippen LogP contribution in [-0.4, -0.2) is 10.0 Å². The van der Waals surface area contributed by atoms with Gasteiger partial charge >= 0.3 is 0 Å². The highest BCUT2D eigenvalue weighted by Crippen LogP contribution is 2.28. The number of hydrogen-bond acceptors (Lipinski definition) is 4. The quantitative estimate of drug-likeness (QED) is 0.485. The van der Waals surface area contributed by atoms with Crippen LogP contribution >= 0.6 is 22.6 Å². The van der Waals surface area contributed by atoms with Gasteiger partial charge in [-0.1, -0.05) is 0 Å². The highest BCUT2D eigenvalue weighted by Gasteiger charge is 2.16. The van der Waals surface area contributed by atoms with Crippen LogP contribution in [0.2, 0.25) is 0 Å². The molecule has 13 heavy (non-hydrogen) atoms. The maximum atomic E-state index is 10.4. The first-order valence-electron chi connectivity index (χ1n) is 3.13. The Labute approximate surface area is 86.9 Å². The predicted octanol–water partition coefficient (Wildman–Crippen LogP) is 1.78. The Morgan fingerprint density at radius 3 is 2.69 bits per heavy atom. The van der Waals surface area contributed by atoms with Gasteiger partial charge in [0.15, 0.2) is 0 Å².